The zero-order valence-corrected chi connectivity index (χ0v) is 8.90. The van der Waals surface area contributed by atoms with E-state index >= 15 is 0 Å². The topological polar surface area (TPSA) is 42.2 Å². The summed E-state index contributed by atoms with van der Waals surface area (Å²) in [7, 11) is 4.04. The molecule has 1 aromatic rings. The molecule has 2 rings (SSSR count). The van der Waals surface area contributed by atoms with Gasteiger partial charge in [0.1, 0.15) is 0 Å². The van der Waals surface area contributed by atoms with Crippen LogP contribution in [0.4, 0.5) is 5.13 Å². The maximum atomic E-state index is 5.75. The summed E-state index contributed by atoms with van der Waals surface area (Å²) in [6.45, 7) is 0.766. The van der Waals surface area contributed by atoms with E-state index in [-0.39, 0.29) is 0 Å². The van der Waals surface area contributed by atoms with Crippen LogP contribution in [0.2, 0.25) is 0 Å². The van der Waals surface area contributed by atoms with E-state index in [0.717, 1.165) is 11.7 Å². The molecule has 0 spiro atoms. The van der Waals surface area contributed by atoms with Crippen LogP contribution in [0.5, 0.6) is 0 Å². The number of rotatable bonds is 3. The molecule has 1 aromatic heterocycles. The fourth-order valence-corrected chi connectivity index (χ4v) is 2.51. The normalized spacial score (nSPS) is 18.7. The summed E-state index contributed by atoms with van der Waals surface area (Å²) in [4.78, 5) is 7.76. The van der Waals surface area contributed by atoms with Crippen LogP contribution >= 0.6 is 11.3 Å². The molecule has 0 amide bonds. The van der Waals surface area contributed by atoms with Crippen molar-refractivity contribution in [2.45, 2.75) is 18.3 Å². The average molecular weight is 197 g/mol. The van der Waals surface area contributed by atoms with Crippen molar-refractivity contribution >= 4 is 16.5 Å². The van der Waals surface area contributed by atoms with E-state index in [1.165, 1.54) is 17.7 Å². The molecule has 3 nitrogen and oxygen atoms in total. The van der Waals surface area contributed by atoms with Gasteiger partial charge in [-0.15, -0.1) is 11.3 Å². The number of nitrogens with two attached hydrogens (primary N) is 1. The van der Waals surface area contributed by atoms with Crippen LogP contribution in [-0.2, 0) is 5.41 Å². The second-order valence-electron chi connectivity index (χ2n) is 3.89. The van der Waals surface area contributed by atoms with Crippen molar-refractivity contribution in [1.29, 1.82) is 0 Å². The van der Waals surface area contributed by atoms with E-state index in [0.29, 0.717) is 5.41 Å². The number of thiazole rings is 1. The molecule has 13 heavy (non-hydrogen) atoms. The predicted octanol–water partition coefficient (Wildman–Crippen LogP) is 1.20. The van der Waals surface area contributed by atoms with Crippen LogP contribution in [0.25, 0.3) is 0 Å². The van der Waals surface area contributed by atoms with Crippen LogP contribution in [0, 0.1) is 0 Å². The van der Waals surface area contributed by atoms with Gasteiger partial charge in [-0.3, -0.25) is 0 Å². The van der Waals surface area contributed by atoms with Crippen LogP contribution in [-0.4, -0.2) is 25.6 Å². The third-order valence-electron chi connectivity index (χ3n) is 2.64. The second kappa shape index (κ2) is 2.96. The standard InChI is InChI=1S/C9H15N3S/c1-12(2)8-11-5-7(13-8)9(6-10)3-4-9/h5H,3-4,6,10H2,1-2H3. The number of hydrogen-bond acceptors (Lipinski definition) is 4. The molecule has 1 aliphatic carbocycles. The van der Waals surface area contributed by atoms with Crippen molar-refractivity contribution in [1.82, 2.24) is 4.98 Å². The molecule has 72 valence electrons. The molecular formula is C9H15N3S. The molecule has 0 unspecified atom stereocenters. The van der Waals surface area contributed by atoms with E-state index in [9.17, 15) is 0 Å². The first-order valence-electron chi connectivity index (χ1n) is 4.52. The molecule has 1 saturated carbocycles. The molecule has 0 aromatic carbocycles. The van der Waals surface area contributed by atoms with Crippen LogP contribution in [0.3, 0.4) is 0 Å². The van der Waals surface area contributed by atoms with Gasteiger partial charge in [0.15, 0.2) is 5.13 Å². The summed E-state index contributed by atoms with van der Waals surface area (Å²) in [5.41, 5.74) is 6.05. The lowest BCUT2D eigenvalue weighted by molar-refractivity contribution is 0.718. The summed E-state index contributed by atoms with van der Waals surface area (Å²) >= 11 is 1.77. The zero-order chi connectivity index (χ0) is 9.47. The number of hydrogen-bond donors (Lipinski definition) is 1. The third kappa shape index (κ3) is 1.44. The van der Waals surface area contributed by atoms with Gasteiger partial charge in [-0.25, -0.2) is 4.98 Å². The first-order chi connectivity index (χ1) is 6.18. The molecule has 0 saturated heterocycles. The maximum Gasteiger partial charge on any atom is 0.184 e. The van der Waals surface area contributed by atoms with Gasteiger partial charge in [0, 0.05) is 37.1 Å². The Kier molecular flexibility index (Phi) is 2.04. The minimum atomic E-state index is 0.298. The van der Waals surface area contributed by atoms with Crippen LogP contribution in [0.15, 0.2) is 6.20 Å². The van der Waals surface area contributed by atoms with Gasteiger partial charge in [-0.1, -0.05) is 0 Å². The minimum Gasteiger partial charge on any atom is -0.354 e. The Labute approximate surface area is 82.6 Å². The van der Waals surface area contributed by atoms with Gasteiger partial charge >= 0.3 is 0 Å². The summed E-state index contributed by atoms with van der Waals surface area (Å²) in [5, 5.41) is 1.08. The highest BCUT2D eigenvalue weighted by molar-refractivity contribution is 7.15. The van der Waals surface area contributed by atoms with Crippen molar-refractivity contribution in [2.75, 3.05) is 25.5 Å². The molecule has 4 heteroatoms. The SMILES string of the molecule is CN(C)c1ncc(C2(CN)CC2)s1. The molecule has 0 aliphatic heterocycles. The van der Waals surface area contributed by atoms with Crippen molar-refractivity contribution in [3.05, 3.63) is 11.1 Å². The fraction of sp³-hybridized carbons (Fsp3) is 0.667. The number of nitrogens with zero attached hydrogens (tertiary/aromatic N) is 2. The van der Waals surface area contributed by atoms with Gasteiger partial charge in [0.05, 0.1) is 0 Å². The molecule has 0 radical (unpaired) electrons. The Morgan fingerprint density at radius 3 is 2.69 bits per heavy atom. The Balaban J connectivity index is 2.23. The van der Waals surface area contributed by atoms with E-state index in [1.54, 1.807) is 11.3 Å². The summed E-state index contributed by atoms with van der Waals surface area (Å²) in [6, 6.07) is 0. The first-order valence-corrected chi connectivity index (χ1v) is 5.33. The largest absolute Gasteiger partial charge is 0.354 e. The van der Waals surface area contributed by atoms with Crippen molar-refractivity contribution < 1.29 is 0 Å². The highest BCUT2D eigenvalue weighted by Crippen LogP contribution is 2.49. The molecule has 0 bridgehead atoms. The summed E-state index contributed by atoms with van der Waals surface area (Å²) in [6.07, 6.45) is 4.46. The van der Waals surface area contributed by atoms with Gasteiger partial charge in [0.2, 0.25) is 0 Å². The lowest BCUT2D eigenvalue weighted by Gasteiger charge is -2.08. The highest BCUT2D eigenvalue weighted by atomic mass is 32.1. The average Bonchev–Trinajstić information content (AvgIpc) is 2.75. The summed E-state index contributed by atoms with van der Waals surface area (Å²) < 4.78 is 0. The van der Waals surface area contributed by atoms with Gasteiger partial charge < -0.3 is 10.6 Å². The Morgan fingerprint density at radius 2 is 2.31 bits per heavy atom. The second-order valence-corrected chi connectivity index (χ2v) is 4.90. The van der Waals surface area contributed by atoms with Crippen LogP contribution in [0.1, 0.15) is 17.7 Å². The monoisotopic (exact) mass is 197 g/mol. The molecular weight excluding hydrogens is 182 g/mol. The molecule has 1 heterocycles. The fourth-order valence-electron chi connectivity index (χ4n) is 1.42. The predicted molar refractivity (Wildman–Crippen MR) is 56.4 cm³/mol. The van der Waals surface area contributed by atoms with E-state index in [2.05, 4.69) is 4.98 Å². The first kappa shape index (κ1) is 8.97. The number of anilines is 1. The minimum absolute atomic E-state index is 0.298. The smallest absolute Gasteiger partial charge is 0.184 e. The Morgan fingerprint density at radius 1 is 1.62 bits per heavy atom. The Bertz CT molecular complexity index is 302. The van der Waals surface area contributed by atoms with Crippen molar-refractivity contribution in [2.24, 2.45) is 5.73 Å². The summed E-state index contributed by atoms with van der Waals surface area (Å²) in [5.74, 6) is 0. The number of aromatic nitrogens is 1. The van der Waals surface area contributed by atoms with Gasteiger partial charge in [-0.05, 0) is 12.8 Å². The third-order valence-corrected chi connectivity index (χ3v) is 4.05. The van der Waals surface area contributed by atoms with E-state index in [4.69, 9.17) is 5.73 Å². The van der Waals surface area contributed by atoms with E-state index < -0.39 is 0 Å². The Hall–Kier alpha value is -0.610. The van der Waals surface area contributed by atoms with Crippen molar-refractivity contribution in [3.63, 3.8) is 0 Å². The lowest BCUT2D eigenvalue weighted by atomic mass is 10.1. The molecule has 2 N–H and O–H groups in total. The molecule has 1 fully saturated rings. The van der Waals surface area contributed by atoms with Crippen molar-refractivity contribution in [3.8, 4) is 0 Å². The van der Waals surface area contributed by atoms with Crippen LogP contribution < -0.4 is 10.6 Å². The molecule has 0 atom stereocenters. The van der Waals surface area contributed by atoms with Gasteiger partial charge in [-0.2, -0.15) is 0 Å². The highest BCUT2D eigenvalue weighted by Gasteiger charge is 2.44. The van der Waals surface area contributed by atoms with Gasteiger partial charge in [0.25, 0.3) is 0 Å². The zero-order valence-electron chi connectivity index (χ0n) is 8.08. The quantitative estimate of drug-likeness (QED) is 0.791. The van der Waals surface area contributed by atoms with E-state index in [1.807, 2.05) is 25.2 Å². The lowest BCUT2D eigenvalue weighted by Crippen LogP contribution is -2.18. The molecule has 1 aliphatic rings. The maximum absolute atomic E-state index is 5.75.